The average Bonchev–Trinajstić information content (AvgIpc) is 2.41. The predicted molar refractivity (Wildman–Crippen MR) is 77.1 cm³/mol. The number of amides is 1. The zero-order chi connectivity index (χ0) is 14.5. The molecule has 1 aromatic carbocycles. The molecule has 5 nitrogen and oxygen atoms in total. The van der Waals surface area contributed by atoms with E-state index >= 15 is 0 Å². The molecule has 0 atom stereocenters. The highest BCUT2D eigenvalue weighted by atomic mass is 16.5. The van der Waals surface area contributed by atoms with E-state index in [2.05, 4.69) is 15.3 Å². The van der Waals surface area contributed by atoms with Crippen molar-refractivity contribution in [3.8, 4) is 5.75 Å². The summed E-state index contributed by atoms with van der Waals surface area (Å²) < 4.78 is 5.35. The van der Waals surface area contributed by atoms with E-state index in [0.29, 0.717) is 29.4 Å². The highest BCUT2D eigenvalue weighted by Crippen LogP contribution is 2.16. The zero-order valence-corrected chi connectivity index (χ0v) is 11.8. The Kier molecular flexibility index (Phi) is 4.30. The highest BCUT2D eigenvalue weighted by Gasteiger charge is 2.11. The van der Waals surface area contributed by atoms with E-state index in [1.54, 1.807) is 32.2 Å². The molecular weight excluding hydrogens is 254 g/mol. The largest absolute Gasteiger partial charge is 0.494 e. The van der Waals surface area contributed by atoms with E-state index in [4.69, 9.17) is 4.74 Å². The Hall–Kier alpha value is -2.43. The third kappa shape index (κ3) is 3.32. The van der Waals surface area contributed by atoms with Crippen LogP contribution in [0.25, 0.3) is 0 Å². The maximum atomic E-state index is 12.1. The number of hydrogen-bond acceptors (Lipinski definition) is 4. The minimum Gasteiger partial charge on any atom is -0.494 e. The van der Waals surface area contributed by atoms with Gasteiger partial charge in [-0.2, -0.15) is 0 Å². The molecule has 0 fully saturated rings. The average molecular weight is 271 g/mol. The van der Waals surface area contributed by atoms with Crippen LogP contribution in [0, 0.1) is 13.8 Å². The summed E-state index contributed by atoms with van der Waals surface area (Å²) in [5, 5.41) is 2.81. The van der Waals surface area contributed by atoms with Crippen LogP contribution in [0.15, 0.2) is 30.5 Å². The minimum absolute atomic E-state index is 0.216. The maximum Gasteiger partial charge on any atom is 0.259 e. The molecule has 0 aliphatic heterocycles. The fourth-order valence-electron chi connectivity index (χ4n) is 1.81. The van der Waals surface area contributed by atoms with E-state index in [0.717, 1.165) is 5.75 Å². The summed E-state index contributed by atoms with van der Waals surface area (Å²) in [5.41, 5.74) is 1.85. The predicted octanol–water partition coefficient (Wildman–Crippen LogP) is 2.74. The Bertz CT molecular complexity index is 609. The van der Waals surface area contributed by atoms with Crippen molar-refractivity contribution in [3.63, 3.8) is 0 Å². The van der Waals surface area contributed by atoms with Crippen LogP contribution in [-0.2, 0) is 0 Å². The van der Waals surface area contributed by atoms with E-state index in [1.165, 1.54) is 0 Å². The van der Waals surface area contributed by atoms with Gasteiger partial charge in [0.2, 0.25) is 0 Å². The molecule has 0 saturated heterocycles. The minimum atomic E-state index is -0.216. The smallest absolute Gasteiger partial charge is 0.259 e. The number of nitrogens with zero attached hydrogens (tertiary/aromatic N) is 2. The van der Waals surface area contributed by atoms with Gasteiger partial charge in [-0.25, -0.2) is 9.97 Å². The summed E-state index contributed by atoms with van der Waals surface area (Å²) in [4.78, 5) is 20.4. The van der Waals surface area contributed by atoms with Gasteiger partial charge in [-0.05, 0) is 45.0 Å². The summed E-state index contributed by atoms with van der Waals surface area (Å²) in [6.45, 7) is 6.13. The van der Waals surface area contributed by atoms with Crippen LogP contribution in [-0.4, -0.2) is 22.5 Å². The molecule has 0 aliphatic carbocycles. The third-order valence-electron chi connectivity index (χ3n) is 2.77. The van der Waals surface area contributed by atoms with Gasteiger partial charge in [0.15, 0.2) is 0 Å². The Morgan fingerprint density at radius 3 is 2.55 bits per heavy atom. The fourth-order valence-corrected chi connectivity index (χ4v) is 1.81. The molecule has 1 heterocycles. The number of hydrogen-bond donors (Lipinski definition) is 1. The first-order valence-corrected chi connectivity index (χ1v) is 6.44. The van der Waals surface area contributed by atoms with Gasteiger partial charge in [0.1, 0.15) is 11.6 Å². The van der Waals surface area contributed by atoms with Crippen molar-refractivity contribution in [2.45, 2.75) is 20.8 Å². The van der Waals surface area contributed by atoms with Crippen molar-refractivity contribution >= 4 is 11.6 Å². The van der Waals surface area contributed by atoms with Crippen LogP contribution < -0.4 is 10.1 Å². The lowest BCUT2D eigenvalue weighted by atomic mass is 10.2. The normalized spacial score (nSPS) is 10.2. The number of anilines is 1. The Morgan fingerprint density at radius 2 is 1.95 bits per heavy atom. The van der Waals surface area contributed by atoms with Gasteiger partial charge in [-0.15, -0.1) is 0 Å². The number of aryl methyl sites for hydroxylation is 2. The Morgan fingerprint density at radius 1 is 1.25 bits per heavy atom. The standard InChI is InChI=1S/C15H17N3O2/c1-4-20-13-7-5-12(6-8-13)18-15(19)14-9-16-11(3)17-10(14)2/h5-9H,4H2,1-3H3,(H,18,19). The van der Waals surface area contributed by atoms with Gasteiger partial charge in [0.25, 0.3) is 5.91 Å². The lowest BCUT2D eigenvalue weighted by Crippen LogP contribution is -2.15. The van der Waals surface area contributed by atoms with Crippen molar-refractivity contribution in [2.75, 3.05) is 11.9 Å². The van der Waals surface area contributed by atoms with Crippen molar-refractivity contribution in [3.05, 3.63) is 47.5 Å². The third-order valence-corrected chi connectivity index (χ3v) is 2.77. The zero-order valence-electron chi connectivity index (χ0n) is 11.8. The number of aromatic nitrogens is 2. The van der Waals surface area contributed by atoms with Gasteiger partial charge in [-0.3, -0.25) is 4.79 Å². The van der Waals surface area contributed by atoms with Gasteiger partial charge in [0.05, 0.1) is 17.9 Å². The number of nitrogens with one attached hydrogen (secondary N) is 1. The molecule has 1 N–H and O–H groups in total. The number of carbonyl (C=O) groups is 1. The monoisotopic (exact) mass is 271 g/mol. The summed E-state index contributed by atoms with van der Waals surface area (Å²) >= 11 is 0. The molecule has 0 spiro atoms. The number of ether oxygens (including phenoxy) is 1. The van der Waals surface area contributed by atoms with Gasteiger partial charge < -0.3 is 10.1 Å². The number of benzene rings is 1. The second-order valence-corrected chi connectivity index (χ2v) is 4.33. The van der Waals surface area contributed by atoms with Gasteiger partial charge in [0, 0.05) is 11.9 Å². The van der Waals surface area contributed by atoms with E-state index in [1.807, 2.05) is 19.1 Å². The highest BCUT2D eigenvalue weighted by molar-refractivity contribution is 6.04. The van der Waals surface area contributed by atoms with E-state index in [-0.39, 0.29) is 5.91 Å². The Balaban J connectivity index is 2.11. The molecule has 20 heavy (non-hydrogen) atoms. The van der Waals surface area contributed by atoms with Crippen molar-refractivity contribution in [2.24, 2.45) is 0 Å². The second-order valence-electron chi connectivity index (χ2n) is 4.33. The Labute approximate surface area is 118 Å². The van der Waals surface area contributed by atoms with Gasteiger partial charge >= 0.3 is 0 Å². The second kappa shape index (κ2) is 6.14. The van der Waals surface area contributed by atoms with Crippen LogP contribution in [0.2, 0.25) is 0 Å². The fraction of sp³-hybridized carbons (Fsp3) is 0.267. The van der Waals surface area contributed by atoms with Crippen LogP contribution in [0.4, 0.5) is 5.69 Å². The molecule has 0 aliphatic rings. The first-order valence-electron chi connectivity index (χ1n) is 6.44. The molecule has 0 unspecified atom stereocenters. The summed E-state index contributed by atoms with van der Waals surface area (Å²) in [7, 11) is 0. The summed E-state index contributed by atoms with van der Waals surface area (Å²) in [6.07, 6.45) is 1.54. The summed E-state index contributed by atoms with van der Waals surface area (Å²) in [5.74, 6) is 1.21. The van der Waals surface area contributed by atoms with Crippen molar-refractivity contribution in [1.29, 1.82) is 0 Å². The molecule has 5 heteroatoms. The number of rotatable bonds is 4. The van der Waals surface area contributed by atoms with E-state index in [9.17, 15) is 4.79 Å². The van der Waals surface area contributed by atoms with Crippen LogP contribution >= 0.6 is 0 Å². The molecular formula is C15H17N3O2. The molecule has 2 aromatic rings. The van der Waals surface area contributed by atoms with Crippen molar-refractivity contribution < 1.29 is 9.53 Å². The lowest BCUT2D eigenvalue weighted by Gasteiger charge is -2.08. The molecule has 0 saturated carbocycles. The van der Waals surface area contributed by atoms with Crippen molar-refractivity contribution in [1.82, 2.24) is 9.97 Å². The topological polar surface area (TPSA) is 64.1 Å². The van der Waals surface area contributed by atoms with Gasteiger partial charge in [-0.1, -0.05) is 0 Å². The van der Waals surface area contributed by atoms with E-state index < -0.39 is 0 Å². The first kappa shape index (κ1) is 14.0. The molecule has 104 valence electrons. The maximum absolute atomic E-state index is 12.1. The number of carbonyl (C=O) groups excluding carboxylic acids is 1. The lowest BCUT2D eigenvalue weighted by molar-refractivity contribution is 0.102. The first-order chi connectivity index (χ1) is 9.60. The molecule has 1 amide bonds. The molecule has 0 bridgehead atoms. The molecule has 1 aromatic heterocycles. The molecule has 2 rings (SSSR count). The SMILES string of the molecule is CCOc1ccc(NC(=O)c2cnc(C)nc2C)cc1. The van der Waals surface area contributed by atoms with Crippen LogP contribution in [0.3, 0.4) is 0 Å². The van der Waals surface area contributed by atoms with Crippen LogP contribution in [0.5, 0.6) is 5.75 Å². The molecule has 0 radical (unpaired) electrons. The quantitative estimate of drug-likeness (QED) is 0.928. The summed E-state index contributed by atoms with van der Waals surface area (Å²) in [6, 6.07) is 7.23. The van der Waals surface area contributed by atoms with Crippen LogP contribution in [0.1, 0.15) is 28.8 Å².